The van der Waals surface area contributed by atoms with Gasteiger partial charge in [0.15, 0.2) is 5.70 Å². The molecule has 0 saturated carbocycles. The molecule has 2 N–H and O–H groups in total. The van der Waals surface area contributed by atoms with E-state index in [9.17, 15) is 14.4 Å². The van der Waals surface area contributed by atoms with E-state index in [0.717, 1.165) is 4.90 Å². The van der Waals surface area contributed by atoms with E-state index in [1.54, 1.807) is 0 Å². The van der Waals surface area contributed by atoms with Gasteiger partial charge in [0.25, 0.3) is 5.91 Å². The van der Waals surface area contributed by atoms with Crippen molar-refractivity contribution in [2.45, 2.75) is 11.4 Å². The van der Waals surface area contributed by atoms with Gasteiger partial charge < -0.3 is 15.2 Å². The summed E-state index contributed by atoms with van der Waals surface area (Å²) in [5, 5.41) is 11.4. The van der Waals surface area contributed by atoms with Crippen LogP contribution in [0.5, 0.6) is 0 Å². The highest BCUT2D eigenvalue weighted by Crippen LogP contribution is 2.40. The highest BCUT2D eigenvalue weighted by molar-refractivity contribution is 9.09. The van der Waals surface area contributed by atoms with E-state index in [0.29, 0.717) is 5.75 Å². The first-order valence-electron chi connectivity index (χ1n) is 5.31. The third-order valence-corrected chi connectivity index (χ3v) is 4.58. The molecule has 9 heteroatoms. The van der Waals surface area contributed by atoms with Gasteiger partial charge in [-0.1, -0.05) is 15.9 Å². The molecule has 2 aliphatic heterocycles. The van der Waals surface area contributed by atoms with E-state index in [4.69, 9.17) is 9.84 Å². The van der Waals surface area contributed by atoms with E-state index < -0.39 is 17.9 Å². The van der Waals surface area contributed by atoms with Crippen molar-refractivity contribution in [3.8, 4) is 0 Å². The molecule has 19 heavy (non-hydrogen) atoms. The number of rotatable bonds is 4. The summed E-state index contributed by atoms with van der Waals surface area (Å²) >= 11 is 4.35. The van der Waals surface area contributed by atoms with Crippen molar-refractivity contribution in [3.63, 3.8) is 0 Å². The second-order valence-corrected chi connectivity index (χ2v) is 5.54. The van der Waals surface area contributed by atoms with Crippen LogP contribution in [-0.4, -0.2) is 57.4 Å². The average Bonchev–Trinajstić information content (AvgIpc) is 2.42. The molecule has 1 fully saturated rings. The lowest BCUT2D eigenvalue weighted by molar-refractivity contribution is -0.150. The fraction of sp³-hybridized carbons (Fsp3) is 0.500. The van der Waals surface area contributed by atoms with Crippen molar-refractivity contribution in [2.24, 2.45) is 0 Å². The summed E-state index contributed by atoms with van der Waals surface area (Å²) in [6.07, 6.45) is 0. The van der Waals surface area contributed by atoms with Crippen LogP contribution in [0.1, 0.15) is 0 Å². The average molecular weight is 351 g/mol. The van der Waals surface area contributed by atoms with Crippen LogP contribution in [0.25, 0.3) is 0 Å². The zero-order valence-corrected chi connectivity index (χ0v) is 12.3. The summed E-state index contributed by atoms with van der Waals surface area (Å²) in [4.78, 5) is 35.6. The standard InChI is InChI=1S/C10H11BrN2O5S/c1-18-4-3-19-9-6(12-5(14)2-11)8(15)13(9)7(4)10(16)17/h6,9H,2-3H2,1H3,(H,12,14)(H,16,17)/t6-,9+/m1/s1. The van der Waals surface area contributed by atoms with Crippen molar-refractivity contribution in [1.29, 1.82) is 0 Å². The van der Waals surface area contributed by atoms with Crippen molar-refractivity contribution >= 4 is 45.5 Å². The summed E-state index contributed by atoms with van der Waals surface area (Å²) in [7, 11) is 1.37. The van der Waals surface area contributed by atoms with Crippen molar-refractivity contribution in [2.75, 3.05) is 18.2 Å². The molecule has 2 aliphatic rings. The molecular formula is C10H11BrN2O5S. The first-order valence-corrected chi connectivity index (χ1v) is 7.48. The Labute approximate surface area is 121 Å². The van der Waals surface area contributed by atoms with Gasteiger partial charge in [-0.2, -0.15) is 0 Å². The molecule has 104 valence electrons. The lowest BCUT2D eigenvalue weighted by Crippen LogP contribution is -2.70. The number of methoxy groups -OCH3 is 1. The van der Waals surface area contributed by atoms with Crippen LogP contribution in [-0.2, 0) is 19.1 Å². The van der Waals surface area contributed by atoms with Gasteiger partial charge in [0, 0.05) is 0 Å². The van der Waals surface area contributed by atoms with Gasteiger partial charge in [-0.15, -0.1) is 11.8 Å². The molecule has 7 nitrogen and oxygen atoms in total. The number of carbonyl (C=O) groups excluding carboxylic acids is 2. The zero-order valence-electron chi connectivity index (χ0n) is 9.88. The maximum Gasteiger partial charge on any atom is 0.356 e. The maximum absolute atomic E-state index is 12.0. The molecule has 0 spiro atoms. The monoisotopic (exact) mass is 350 g/mol. The number of nitrogens with one attached hydrogen (secondary N) is 1. The number of carbonyl (C=O) groups is 3. The van der Waals surface area contributed by atoms with Crippen LogP contribution in [0.4, 0.5) is 0 Å². The number of hydrogen-bond donors (Lipinski definition) is 2. The molecule has 2 amide bonds. The Kier molecular flexibility index (Phi) is 4.04. The number of carboxylic acid groups (broad SMARTS) is 1. The SMILES string of the molecule is COC1=C(C(=O)O)N2C(=O)[C@@H](NC(=O)CBr)[C@@H]2SC1. The predicted octanol–water partition coefficient (Wildman–Crippen LogP) is -0.276. The summed E-state index contributed by atoms with van der Waals surface area (Å²) in [5.41, 5.74) is -0.138. The Hall–Kier alpha value is -1.22. The van der Waals surface area contributed by atoms with E-state index in [1.807, 2.05) is 0 Å². The van der Waals surface area contributed by atoms with E-state index in [2.05, 4.69) is 21.2 Å². The number of alkyl halides is 1. The minimum atomic E-state index is -1.21. The van der Waals surface area contributed by atoms with Crippen LogP contribution >= 0.6 is 27.7 Å². The zero-order chi connectivity index (χ0) is 14.2. The van der Waals surface area contributed by atoms with Crippen LogP contribution in [0, 0.1) is 0 Å². The third-order valence-electron chi connectivity index (χ3n) is 2.82. The molecule has 0 aliphatic carbocycles. The lowest BCUT2D eigenvalue weighted by atomic mass is 10.0. The van der Waals surface area contributed by atoms with Gasteiger partial charge in [-0.25, -0.2) is 4.79 Å². The summed E-state index contributed by atoms with van der Waals surface area (Å²) in [6.45, 7) is 0. The van der Waals surface area contributed by atoms with Crippen LogP contribution in [0.15, 0.2) is 11.5 Å². The molecule has 2 heterocycles. The number of carboxylic acids is 1. The highest BCUT2D eigenvalue weighted by atomic mass is 79.9. The number of β-lactam (4-membered cyclic amide) rings is 1. The van der Waals surface area contributed by atoms with E-state index in [-0.39, 0.29) is 28.1 Å². The fourth-order valence-corrected chi connectivity index (χ4v) is 3.43. The molecule has 1 saturated heterocycles. The van der Waals surface area contributed by atoms with Crippen LogP contribution < -0.4 is 5.32 Å². The Morgan fingerprint density at radius 3 is 2.84 bits per heavy atom. The molecule has 2 rings (SSSR count). The second-order valence-electron chi connectivity index (χ2n) is 3.87. The minimum Gasteiger partial charge on any atom is -0.498 e. The van der Waals surface area contributed by atoms with Gasteiger partial charge in [0.05, 0.1) is 18.2 Å². The smallest absolute Gasteiger partial charge is 0.356 e. The van der Waals surface area contributed by atoms with Crippen molar-refractivity contribution in [1.82, 2.24) is 10.2 Å². The quantitative estimate of drug-likeness (QED) is 0.535. The van der Waals surface area contributed by atoms with Gasteiger partial charge in [0.1, 0.15) is 17.2 Å². The molecule has 0 aromatic heterocycles. The van der Waals surface area contributed by atoms with E-state index >= 15 is 0 Å². The third kappa shape index (κ3) is 2.32. The molecule has 0 radical (unpaired) electrons. The lowest BCUT2D eigenvalue weighted by Gasteiger charge is -2.48. The minimum absolute atomic E-state index is 0.0963. The Bertz CT molecular complexity index is 481. The Morgan fingerprint density at radius 2 is 2.32 bits per heavy atom. The number of thioether (sulfide) groups is 1. The topological polar surface area (TPSA) is 95.9 Å². The number of aliphatic carboxylic acids is 1. The number of nitrogens with zero attached hydrogens (tertiary/aromatic N) is 1. The highest BCUT2D eigenvalue weighted by Gasteiger charge is 2.54. The Balaban J connectivity index is 2.21. The largest absolute Gasteiger partial charge is 0.498 e. The second kappa shape index (κ2) is 5.41. The first kappa shape index (κ1) is 14.2. The maximum atomic E-state index is 12.0. The number of halogens is 1. The van der Waals surface area contributed by atoms with Gasteiger partial charge in [0.2, 0.25) is 5.91 Å². The van der Waals surface area contributed by atoms with Gasteiger partial charge in [-0.3, -0.25) is 14.5 Å². The number of hydrogen-bond acceptors (Lipinski definition) is 5. The van der Waals surface area contributed by atoms with Gasteiger partial charge in [-0.05, 0) is 0 Å². The van der Waals surface area contributed by atoms with Crippen molar-refractivity contribution in [3.05, 3.63) is 11.5 Å². The molecule has 0 aromatic rings. The first-order chi connectivity index (χ1) is 9.01. The Morgan fingerprint density at radius 1 is 1.63 bits per heavy atom. The molecule has 0 aromatic carbocycles. The van der Waals surface area contributed by atoms with Gasteiger partial charge >= 0.3 is 5.97 Å². The molecule has 2 atom stereocenters. The molecule has 0 bridgehead atoms. The van der Waals surface area contributed by atoms with E-state index in [1.165, 1.54) is 18.9 Å². The number of ether oxygens (including phenoxy) is 1. The summed E-state index contributed by atoms with van der Waals surface area (Å²) < 4.78 is 4.99. The predicted molar refractivity (Wildman–Crippen MR) is 70.5 cm³/mol. The number of amides is 2. The normalized spacial score (nSPS) is 25.6. The van der Waals surface area contributed by atoms with Crippen molar-refractivity contribution < 1.29 is 24.2 Å². The summed E-state index contributed by atoms with van der Waals surface area (Å²) in [5.74, 6) is -1.34. The molecular weight excluding hydrogens is 340 g/mol. The molecule has 0 unspecified atom stereocenters. The number of fused-ring (bicyclic) bond motifs is 1. The van der Waals surface area contributed by atoms with Crippen LogP contribution in [0.3, 0.4) is 0 Å². The van der Waals surface area contributed by atoms with Crippen LogP contribution in [0.2, 0.25) is 0 Å². The fourth-order valence-electron chi connectivity index (χ4n) is 1.96. The summed E-state index contributed by atoms with van der Waals surface area (Å²) in [6, 6.07) is -0.678.